The number of rotatable bonds is 2. The van der Waals surface area contributed by atoms with Crippen molar-refractivity contribution in [3.63, 3.8) is 0 Å². The number of nitrogens with zero attached hydrogens (tertiary/aromatic N) is 1. The van der Waals surface area contributed by atoms with Crippen LogP contribution in [-0.4, -0.2) is 10.8 Å². The quantitative estimate of drug-likeness (QED) is 0.640. The minimum absolute atomic E-state index is 0.100. The molecule has 4 N–H and O–H groups in total. The van der Waals surface area contributed by atoms with Crippen molar-refractivity contribution in [2.24, 2.45) is 0 Å². The molecule has 1 heterocycles. The van der Waals surface area contributed by atoms with E-state index in [0.717, 1.165) is 5.56 Å². The molecule has 0 radical (unpaired) electrons. The molecule has 1 aromatic heterocycles. The first-order valence-electron chi connectivity index (χ1n) is 6.10. The standard InChI is InChI=1S/C9H11NO.C6H8N2/c1-2-9(11)7-5-3-4-6-8(7)10;1-5-2-3-6(7)8-4-5/h3-6H,2,10H2,1H3;2-4H,1H3,(H2,7,8). The molecule has 0 atom stereocenters. The summed E-state index contributed by atoms with van der Waals surface area (Å²) in [4.78, 5) is 15.0. The summed E-state index contributed by atoms with van der Waals surface area (Å²) in [6.07, 6.45) is 2.25. The summed E-state index contributed by atoms with van der Waals surface area (Å²) in [5, 5.41) is 0. The number of hydrogen-bond acceptors (Lipinski definition) is 4. The fourth-order valence-electron chi connectivity index (χ4n) is 1.42. The maximum Gasteiger partial charge on any atom is 0.164 e. The number of benzene rings is 1. The molecule has 0 unspecified atom stereocenters. The van der Waals surface area contributed by atoms with E-state index in [1.165, 1.54) is 0 Å². The molecular formula is C15H19N3O. The van der Waals surface area contributed by atoms with E-state index in [-0.39, 0.29) is 5.78 Å². The molecule has 0 spiro atoms. The number of nitrogens with two attached hydrogens (primary N) is 2. The number of aromatic nitrogens is 1. The van der Waals surface area contributed by atoms with E-state index < -0.39 is 0 Å². The Morgan fingerprint density at radius 1 is 1.16 bits per heavy atom. The molecule has 1 aromatic carbocycles. The second-order valence-corrected chi connectivity index (χ2v) is 4.12. The average Bonchev–Trinajstić information content (AvgIpc) is 2.42. The lowest BCUT2D eigenvalue weighted by Gasteiger charge is -2.00. The fourth-order valence-corrected chi connectivity index (χ4v) is 1.42. The van der Waals surface area contributed by atoms with E-state index in [4.69, 9.17) is 11.5 Å². The van der Waals surface area contributed by atoms with Crippen molar-refractivity contribution in [3.8, 4) is 0 Å². The van der Waals surface area contributed by atoms with E-state index >= 15 is 0 Å². The molecule has 0 aliphatic rings. The van der Waals surface area contributed by atoms with Crippen LogP contribution in [0.4, 0.5) is 11.5 Å². The first-order chi connectivity index (χ1) is 9.04. The number of carbonyl (C=O) groups excluding carboxylic acids is 1. The summed E-state index contributed by atoms with van der Waals surface area (Å²) >= 11 is 0. The molecule has 100 valence electrons. The summed E-state index contributed by atoms with van der Waals surface area (Å²) in [6, 6.07) is 10.8. The topological polar surface area (TPSA) is 82.0 Å². The van der Waals surface area contributed by atoms with Crippen molar-refractivity contribution in [1.29, 1.82) is 0 Å². The Labute approximate surface area is 113 Å². The number of nitrogen functional groups attached to an aromatic ring is 2. The maximum absolute atomic E-state index is 11.2. The van der Waals surface area contributed by atoms with Crippen molar-refractivity contribution in [3.05, 3.63) is 53.7 Å². The normalized spacial score (nSPS) is 9.37. The highest BCUT2D eigenvalue weighted by Gasteiger charge is 2.04. The number of ketones is 1. The monoisotopic (exact) mass is 257 g/mol. The van der Waals surface area contributed by atoms with Gasteiger partial charge in [0, 0.05) is 23.9 Å². The second kappa shape index (κ2) is 7.16. The Hall–Kier alpha value is -2.36. The predicted molar refractivity (Wildman–Crippen MR) is 78.9 cm³/mol. The molecule has 0 saturated heterocycles. The van der Waals surface area contributed by atoms with Crippen LogP contribution in [0.25, 0.3) is 0 Å². The number of pyridine rings is 1. The van der Waals surface area contributed by atoms with Gasteiger partial charge in [-0.3, -0.25) is 4.79 Å². The van der Waals surface area contributed by atoms with E-state index in [9.17, 15) is 4.79 Å². The van der Waals surface area contributed by atoms with Crippen LogP contribution in [-0.2, 0) is 0 Å². The largest absolute Gasteiger partial charge is 0.398 e. The van der Waals surface area contributed by atoms with Crippen LogP contribution in [0.2, 0.25) is 0 Å². The predicted octanol–water partition coefficient (Wildman–Crippen LogP) is 2.83. The Morgan fingerprint density at radius 2 is 1.84 bits per heavy atom. The third kappa shape index (κ3) is 4.79. The Kier molecular flexibility index (Phi) is 5.54. The zero-order chi connectivity index (χ0) is 14.3. The van der Waals surface area contributed by atoms with Gasteiger partial charge in [0.2, 0.25) is 0 Å². The van der Waals surface area contributed by atoms with Gasteiger partial charge < -0.3 is 11.5 Å². The van der Waals surface area contributed by atoms with Gasteiger partial charge in [0.15, 0.2) is 5.78 Å². The van der Waals surface area contributed by atoms with Crippen LogP contribution in [0.3, 0.4) is 0 Å². The number of carbonyl (C=O) groups is 1. The van der Waals surface area contributed by atoms with Crippen LogP contribution in [0.1, 0.15) is 29.3 Å². The van der Waals surface area contributed by atoms with Crippen molar-refractivity contribution in [2.45, 2.75) is 20.3 Å². The maximum atomic E-state index is 11.2. The van der Waals surface area contributed by atoms with Gasteiger partial charge in [0.05, 0.1) is 0 Å². The highest BCUT2D eigenvalue weighted by Crippen LogP contribution is 2.12. The molecule has 2 aromatic rings. The molecule has 0 aliphatic heterocycles. The second-order valence-electron chi connectivity index (χ2n) is 4.12. The van der Waals surface area contributed by atoms with Crippen LogP contribution < -0.4 is 11.5 Å². The van der Waals surface area contributed by atoms with Crippen molar-refractivity contribution in [1.82, 2.24) is 4.98 Å². The van der Waals surface area contributed by atoms with Gasteiger partial charge in [0.25, 0.3) is 0 Å². The number of anilines is 2. The molecule has 4 heteroatoms. The smallest absolute Gasteiger partial charge is 0.164 e. The fraction of sp³-hybridized carbons (Fsp3) is 0.200. The Bertz CT molecular complexity index is 514. The molecule has 0 bridgehead atoms. The number of hydrogen-bond donors (Lipinski definition) is 2. The van der Waals surface area contributed by atoms with E-state index in [1.807, 2.05) is 32.0 Å². The van der Waals surface area contributed by atoms with Crippen molar-refractivity contribution in [2.75, 3.05) is 11.5 Å². The minimum atomic E-state index is 0.100. The van der Waals surface area contributed by atoms with Gasteiger partial charge in [-0.2, -0.15) is 0 Å². The number of Topliss-reactive ketones (excluding diaryl/α,β-unsaturated/α-hetero) is 1. The van der Waals surface area contributed by atoms with E-state index in [0.29, 0.717) is 23.5 Å². The van der Waals surface area contributed by atoms with Crippen molar-refractivity contribution >= 4 is 17.3 Å². The zero-order valence-electron chi connectivity index (χ0n) is 11.3. The van der Waals surface area contributed by atoms with Crippen molar-refractivity contribution < 1.29 is 4.79 Å². The number of aryl methyl sites for hydroxylation is 1. The Balaban J connectivity index is 0.000000200. The molecule has 0 fully saturated rings. The lowest BCUT2D eigenvalue weighted by Crippen LogP contribution is -2.01. The lowest BCUT2D eigenvalue weighted by molar-refractivity contribution is 0.0989. The summed E-state index contributed by atoms with van der Waals surface area (Å²) in [5.74, 6) is 0.679. The third-order valence-electron chi connectivity index (χ3n) is 2.52. The molecule has 19 heavy (non-hydrogen) atoms. The van der Waals surface area contributed by atoms with E-state index in [2.05, 4.69) is 4.98 Å². The lowest BCUT2D eigenvalue weighted by atomic mass is 10.1. The summed E-state index contributed by atoms with van der Waals surface area (Å²) in [5.41, 5.74) is 13.2. The zero-order valence-corrected chi connectivity index (χ0v) is 11.3. The molecule has 2 rings (SSSR count). The first-order valence-corrected chi connectivity index (χ1v) is 6.10. The summed E-state index contributed by atoms with van der Waals surface area (Å²) in [6.45, 7) is 3.81. The molecular weight excluding hydrogens is 238 g/mol. The molecule has 0 amide bonds. The first kappa shape index (κ1) is 14.7. The van der Waals surface area contributed by atoms with Gasteiger partial charge in [-0.05, 0) is 30.7 Å². The van der Waals surface area contributed by atoms with Gasteiger partial charge in [-0.15, -0.1) is 0 Å². The van der Waals surface area contributed by atoms with Gasteiger partial charge in [-0.1, -0.05) is 25.1 Å². The van der Waals surface area contributed by atoms with Crippen LogP contribution in [0, 0.1) is 6.92 Å². The van der Waals surface area contributed by atoms with E-state index in [1.54, 1.807) is 24.4 Å². The highest BCUT2D eigenvalue weighted by molar-refractivity contribution is 6.00. The minimum Gasteiger partial charge on any atom is -0.398 e. The molecule has 0 saturated carbocycles. The average molecular weight is 257 g/mol. The summed E-state index contributed by atoms with van der Waals surface area (Å²) < 4.78 is 0. The SMILES string of the molecule is CCC(=O)c1ccccc1N.Cc1ccc(N)nc1. The summed E-state index contributed by atoms with van der Waals surface area (Å²) in [7, 11) is 0. The van der Waals surface area contributed by atoms with Crippen LogP contribution >= 0.6 is 0 Å². The van der Waals surface area contributed by atoms with Crippen LogP contribution in [0.5, 0.6) is 0 Å². The van der Waals surface area contributed by atoms with Gasteiger partial charge in [-0.25, -0.2) is 4.98 Å². The third-order valence-corrected chi connectivity index (χ3v) is 2.52. The molecule has 4 nitrogen and oxygen atoms in total. The molecule has 0 aliphatic carbocycles. The number of para-hydroxylation sites is 1. The highest BCUT2D eigenvalue weighted by atomic mass is 16.1. The van der Waals surface area contributed by atoms with Crippen LogP contribution in [0.15, 0.2) is 42.6 Å². The van der Waals surface area contributed by atoms with Gasteiger partial charge in [0.1, 0.15) is 5.82 Å². The van der Waals surface area contributed by atoms with Gasteiger partial charge >= 0.3 is 0 Å². The Morgan fingerprint density at radius 3 is 2.32 bits per heavy atom.